The fourth-order valence-electron chi connectivity index (χ4n) is 2.57. The minimum Gasteiger partial charge on any atom is -0.399 e. The number of aliphatic hydroxyl groups is 2. The lowest BCUT2D eigenvalue weighted by Gasteiger charge is -2.32. The summed E-state index contributed by atoms with van der Waals surface area (Å²) in [5.74, 6) is -0.381. The highest BCUT2D eigenvalue weighted by Crippen LogP contribution is 2.36. The van der Waals surface area contributed by atoms with E-state index in [-0.39, 0.29) is 12.0 Å². The van der Waals surface area contributed by atoms with E-state index in [1.165, 1.54) is 4.90 Å². The van der Waals surface area contributed by atoms with Crippen LogP contribution in [0.2, 0.25) is 0 Å². The van der Waals surface area contributed by atoms with Crippen molar-refractivity contribution in [2.24, 2.45) is 0 Å². The maximum Gasteiger partial charge on any atom is 0.498 e. The topological polar surface area (TPSA) is 105 Å². The van der Waals surface area contributed by atoms with Gasteiger partial charge in [0.2, 0.25) is 5.95 Å². The highest BCUT2D eigenvalue weighted by molar-refractivity contribution is 6.61. The van der Waals surface area contributed by atoms with Crippen LogP contribution >= 0.6 is 0 Å². The van der Waals surface area contributed by atoms with Gasteiger partial charge in [0.25, 0.3) is 5.91 Å². The quantitative estimate of drug-likeness (QED) is 0.699. The molecule has 8 nitrogen and oxygen atoms in total. The molecular weight excluding hydrogens is 325 g/mol. The van der Waals surface area contributed by atoms with E-state index in [1.807, 2.05) is 27.7 Å². The Morgan fingerprint density at radius 3 is 2.24 bits per heavy atom. The number of rotatable bonds is 5. The lowest BCUT2D eigenvalue weighted by atomic mass is 9.81. The second kappa shape index (κ2) is 6.32. The summed E-state index contributed by atoms with van der Waals surface area (Å²) >= 11 is 0. The van der Waals surface area contributed by atoms with E-state index in [2.05, 4.69) is 9.97 Å². The number of aliphatic hydroxyl groups excluding tert-OH is 2. The minimum absolute atomic E-state index is 0.0311. The molecule has 1 amide bonds. The van der Waals surface area contributed by atoms with Gasteiger partial charge in [-0.25, -0.2) is 9.97 Å². The maximum atomic E-state index is 12.3. The molecule has 0 spiro atoms. The molecule has 0 unspecified atom stereocenters. The fraction of sp³-hybridized carbons (Fsp3) is 0.688. The molecule has 3 rings (SSSR count). The van der Waals surface area contributed by atoms with Gasteiger partial charge in [-0.3, -0.25) is 9.69 Å². The van der Waals surface area contributed by atoms with Gasteiger partial charge in [0.1, 0.15) is 0 Å². The number of aromatic nitrogens is 2. The Morgan fingerprint density at radius 2 is 1.80 bits per heavy atom. The first-order valence-electron chi connectivity index (χ1n) is 8.46. The van der Waals surface area contributed by atoms with Crippen molar-refractivity contribution in [1.29, 1.82) is 0 Å². The molecule has 1 aromatic heterocycles. The molecule has 25 heavy (non-hydrogen) atoms. The average Bonchev–Trinajstić information content (AvgIpc) is 3.35. The first-order chi connectivity index (χ1) is 11.7. The predicted octanol–water partition coefficient (Wildman–Crippen LogP) is -0.376. The second-order valence-electron chi connectivity index (χ2n) is 7.54. The van der Waals surface area contributed by atoms with Gasteiger partial charge in [-0.1, -0.05) is 0 Å². The molecule has 2 N–H and O–H groups in total. The highest BCUT2D eigenvalue weighted by atomic mass is 16.7. The molecule has 0 bridgehead atoms. The first-order valence-corrected chi connectivity index (χ1v) is 8.46. The molecule has 1 saturated heterocycles. The molecule has 136 valence electrons. The lowest BCUT2D eigenvalue weighted by molar-refractivity contribution is -0.128. The van der Waals surface area contributed by atoms with Gasteiger partial charge >= 0.3 is 7.12 Å². The number of hydrogen-bond donors (Lipinski definition) is 2. The molecule has 2 fully saturated rings. The lowest BCUT2D eigenvalue weighted by Crippen LogP contribution is -2.44. The smallest absolute Gasteiger partial charge is 0.399 e. The molecule has 1 atom stereocenters. The van der Waals surface area contributed by atoms with Crippen molar-refractivity contribution in [3.05, 3.63) is 12.4 Å². The summed E-state index contributed by atoms with van der Waals surface area (Å²) in [4.78, 5) is 22.1. The van der Waals surface area contributed by atoms with Crippen LogP contribution < -0.4 is 10.4 Å². The van der Waals surface area contributed by atoms with Crippen molar-refractivity contribution in [3.63, 3.8) is 0 Å². The van der Waals surface area contributed by atoms with Crippen molar-refractivity contribution in [3.8, 4) is 0 Å². The Labute approximate surface area is 147 Å². The molecule has 1 aromatic rings. The van der Waals surface area contributed by atoms with Crippen LogP contribution in [0.15, 0.2) is 12.4 Å². The number of carbonyl (C=O) groups excluding carboxylic acids is 1. The van der Waals surface area contributed by atoms with Crippen LogP contribution in [0.3, 0.4) is 0 Å². The van der Waals surface area contributed by atoms with E-state index in [0.717, 1.165) is 12.8 Å². The van der Waals surface area contributed by atoms with Crippen LogP contribution in [0.4, 0.5) is 5.95 Å². The Balaban J connectivity index is 1.79. The fourth-order valence-corrected chi connectivity index (χ4v) is 2.57. The number of carbonyl (C=O) groups is 1. The van der Waals surface area contributed by atoms with E-state index in [0.29, 0.717) is 5.46 Å². The van der Waals surface area contributed by atoms with Gasteiger partial charge in [0.15, 0.2) is 6.10 Å². The molecular formula is C16H24BN3O5. The molecule has 9 heteroatoms. The van der Waals surface area contributed by atoms with Gasteiger partial charge in [-0.2, -0.15) is 0 Å². The molecule has 2 heterocycles. The van der Waals surface area contributed by atoms with Crippen molar-refractivity contribution < 1.29 is 24.3 Å². The Morgan fingerprint density at radius 1 is 1.28 bits per heavy atom. The van der Waals surface area contributed by atoms with E-state index in [9.17, 15) is 9.90 Å². The summed E-state index contributed by atoms with van der Waals surface area (Å²) in [6, 6.07) is -0.0311. The molecule has 0 radical (unpaired) electrons. The zero-order valence-corrected chi connectivity index (χ0v) is 15.0. The van der Waals surface area contributed by atoms with E-state index < -0.39 is 36.9 Å². The summed E-state index contributed by atoms with van der Waals surface area (Å²) < 4.78 is 11.9. The molecule has 0 aromatic carbocycles. The SMILES string of the molecule is CC1(C)OB(c2cnc(N(C(=O)[C@H](O)CO)C3CC3)nc2)OC1(C)C. The van der Waals surface area contributed by atoms with Crippen LogP contribution in [-0.2, 0) is 14.1 Å². The number of amides is 1. The van der Waals surface area contributed by atoms with Crippen LogP contribution in [0.1, 0.15) is 40.5 Å². The summed E-state index contributed by atoms with van der Waals surface area (Å²) in [6.07, 6.45) is 3.32. The van der Waals surface area contributed by atoms with Gasteiger partial charge in [0, 0.05) is 23.9 Å². The third-order valence-corrected chi connectivity index (χ3v) is 5.01. The van der Waals surface area contributed by atoms with E-state index in [4.69, 9.17) is 14.4 Å². The number of nitrogens with zero attached hydrogens (tertiary/aromatic N) is 3. The normalized spacial score (nSPS) is 22.7. The van der Waals surface area contributed by atoms with E-state index in [1.54, 1.807) is 12.4 Å². The first kappa shape index (κ1) is 18.3. The van der Waals surface area contributed by atoms with Gasteiger partial charge in [-0.15, -0.1) is 0 Å². The molecule has 2 aliphatic rings. The molecule has 1 aliphatic carbocycles. The monoisotopic (exact) mass is 349 g/mol. The zero-order chi connectivity index (χ0) is 18.4. The van der Waals surface area contributed by atoms with Crippen LogP contribution in [0.5, 0.6) is 0 Å². The number of anilines is 1. The standard InChI is InChI=1S/C16H24BN3O5/c1-15(2)16(3,4)25-17(24-15)10-7-18-14(19-8-10)20(11-5-6-11)13(23)12(22)9-21/h7-8,11-12,21-22H,5-6,9H2,1-4H3/t12-/m1/s1. The van der Waals surface area contributed by atoms with Crippen LogP contribution in [0.25, 0.3) is 0 Å². The van der Waals surface area contributed by atoms with E-state index >= 15 is 0 Å². The van der Waals surface area contributed by atoms with Crippen molar-refractivity contribution in [1.82, 2.24) is 9.97 Å². The number of hydrogen-bond acceptors (Lipinski definition) is 7. The predicted molar refractivity (Wildman–Crippen MR) is 91.3 cm³/mol. The zero-order valence-electron chi connectivity index (χ0n) is 15.0. The summed E-state index contributed by atoms with van der Waals surface area (Å²) in [5.41, 5.74) is -0.261. The Bertz CT molecular complexity index is 632. The van der Waals surface area contributed by atoms with Crippen molar-refractivity contribution in [2.75, 3.05) is 11.5 Å². The van der Waals surface area contributed by atoms with Crippen LogP contribution in [-0.4, -0.2) is 63.2 Å². The summed E-state index contributed by atoms with van der Waals surface area (Å²) in [7, 11) is -0.577. The Kier molecular flexibility index (Phi) is 4.61. The van der Waals surface area contributed by atoms with Crippen molar-refractivity contribution in [2.45, 2.75) is 63.9 Å². The molecule has 1 aliphatic heterocycles. The summed E-state index contributed by atoms with van der Waals surface area (Å²) in [6.45, 7) is 7.23. The summed E-state index contributed by atoms with van der Waals surface area (Å²) in [5, 5.41) is 18.7. The van der Waals surface area contributed by atoms with Gasteiger partial charge in [-0.05, 0) is 40.5 Å². The van der Waals surface area contributed by atoms with Gasteiger partial charge in [0.05, 0.1) is 17.8 Å². The molecule has 1 saturated carbocycles. The third kappa shape index (κ3) is 3.41. The second-order valence-corrected chi connectivity index (χ2v) is 7.54. The highest BCUT2D eigenvalue weighted by Gasteiger charge is 2.52. The minimum atomic E-state index is -1.47. The maximum absolute atomic E-state index is 12.3. The largest absolute Gasteiger partial charge is 0.498 e. The van der Waals surface area contributed by atoms with Crippen LogP contribution in [0, 0.1) is 0 Å². The average molecular weight is 349 g/mol. The Hall–Kier alpha value is -1.55. The van der Waals surface area contributed by atoms with Crippen molar-refractivity contribution >= 4 is 24.4 Å². The third-order valence-electron chi connectivity index (χ3n) is 5.01. The van der Waals surface area contributed by atoms with Gasteiger partial charge < -0.3 is 19.5 Å².